The molecule has 4 rings (SSSR count). The van der Waals surface area contributed by atoms with E-state index >= 15 is 0 Å². The van der Waals surface area contributed by atoms with E-state index in [9.17, 15) is 14.4 Å². The van der Waals surface area contributed by atoms with Gasteiger partial charge < -0.3 is 15.5 Å². The monoisotopic (exact) mass is 423 g/mol. The van der Waals surface area contributed by atoms with Crippen LogP contribution >= 0.6 is 0 Å². The molecule has 8 heteroatoms. The van der Waals surface area contributed by atoms with Crippen molar-refractivity contribution in [2.75, 3.05) is 28.6 Å². The molecule has 31 heavy (non-hydrogen) atoms. The number of aryl methyl sites for hydroxylation is 2. The van der Waals surface area contributed by atoms with Crippen LogP contribution in [0.5, 0.6) is 0 Å². The molecule has 0 spiro atoms. The highest BCUT2D eigenvalue weighted by molar-refractivity contribution is 5.99. The predicted octanol–water partition coefficient (Wildman–Crippen LogP) is 2.76. The number of anilines is 3. The van der Waals surface area contributed by atoms with Crippen molar-refractivity contribution in [2.45, 2.75) is 46.5 Å². The number of amides is 2. The highest BCUT2D eigenvalue weighted by Gasteiger charge is 2.32. The number of hydrogen-bond acceptors (Lipinski definition) is 5. The maximum atomic E-state index is 12.7. The topological polar surface area (TPSA) is 107 Å². The first-order chi connectivity index (χ1) is 14.8. The minimum Gasteiger partial charge on any atom is -0.342 e. The number of nitrogens with one attached hydrogen (secondary N) is 3. The summed E-state index contributed by atoms with van der Waals surface area (Å²) < 4.78 is 0. The van der Waals surface area contributed by atoms with E-state index in [2.05, 4.69) is 32.4 Å². The van der Waals surface area contributed by atoms with Gasteiger partial charge in [-0.1, -0.05) is 13.0 Å². The molecular formula is C23H29N5O3. The van der Waals surface area contributed by atoms with Gasteiger partial charge in [0, 0.05) is 25.2 Å². The first-order valence-corrected chi connectivity index (χ1v) is 10.9. The summed E-state index contributed by atoms with van der Waals surface area (Å²) in [7, 11) is 0. The normalized spacial score (nSPS) is 19.0. The van der Waals surface area contributed by atoms with Crippen molar-refractivity contribution < 1.29 is 9.59 Å². The van der Waals surface area contributed by atoms with Crippen LogP contribution in [0.1, 0.15) is 42.9 Å². The lowest BCUT2D eigenvalue weighted by molar-refractivity contribution is -0.125. The number of carbonyl (C=O) groups is 2. The Morgan fingerprint density at radius 1 is 1.19 bits per heavy atom. The van der Waals surface area contributed by atoms with Crippen LogP contribution in [0.4, 0.5) is 17.5 Å². The van der Waals surface area contributed by atoms with E-state index in [1.807, 2.05) is 32.0 Å². The number of fused-ring (bicyclic) bond motifs is 1. The zero-order valence-electron chi connectivity index (χ0n) is 18.2. The van der Waals surface area contributed by atoms with Crippen LogP contribution in [0.15, 0.2) is 23.0 Å². The zero-order valence-corrected chi connectivity index (χ0v) is 18.2. The SMILES string of the molecule is Cc1ccc(NC(=O)C[C@H]2Cc3c(nc(N4CCC(C)CC4)[nH]c3=O)NC2=O)cc1C. The fourth-order valence-electron chi connectivity index (χ4n) is 4.13. The van der Waals surface area contributed by atoms with Crippen molar-refractivity contribution in [1.29, 1.82) is 0 Å². The molecule has 3 heterocycles. The minimum absolute atomic E-state index is 0.00338. The lowest BCUT2D eigenvalue weighted by Gasteiger charge is -2.31. The van der Waals surface area contributed by atoms with E-state index in [0.29, 0.717) is 28.9 Å². The Morgan fingerprint density at radius 2 is 1.94 bits per heavy atom. The predicted molar refractivity (Wildman–Crippen MR) is 120 cm³/mol. The number of piperidine rings is 1. The van der Waals surface area contributed by atoms with E-state index in [0.717, 1.165) is 37.1 Å². The number of hydrogen-bond donors (Lipinski definition) is 3. The number of nitrogens with zero attached hydrogens (tertiary/aromatic N) is 2. The average Bonchev–Trinajstić information content (AvgIpc) is 2.72. The van der Waals surface area contributed by atoms with E-state index in [-0.39, 0.29) is 30.2 Å². The smallest absolute Gasteiger partial charge is 0.257 e. The van der Waals surface area contributed by atoms with Gasteiger partial charge in [0.25, 0.3) is 5.56 Å². The van der Waals surface area contributed by atoms with Gasteiger partial charge in [0.05, 0.1) is 11.5 Å². The zero-order chi connectivity index (χ0) is 22.1. The lowest BCUT2D eigenvalue weighted by Crippen LogP contribution is -2.39. The molecule has 0 unspecified atom stereocenters. The fourth-order valence-corrected chi connectivity index (χ4v) is 4.13. The summed E-state index contributed by atoms with van der Waals surface area (Å²) in [6.07, 6.45) is 2.29. The van der Waals surface area contributed by atoms with Crippen molar-refractivity contribution in [3.05, 3.63) is 45.2 Å². The van der Waals surface area contributed by atoms with Gasteiger partial charge in [0.1, 0.15) is 5.82 Å². The summed E-state index contributed by atoms with van der Waals surface area (Å²) in [5.74, 6) is 0.337. The number of H-pyrrole nitrogens is 1. The van der Waals surface area contributed by atoms with Gasteiger partial charge in [-0.05, 0) is 62.3 Å². The van der Waals surface area contributed by atoms with Crippen LogP contribution in [-0.2, 0) is 16.0 Å². The Morgan fingerprint density at radius 3 is 2.65 bits per heavy atom. The molecule has 0 saturated carbocycles. The molecule has 0 radical (unpaired) electrons. The average molecular weight is 424 g/mol. The fraction of sp³-hybridized carbons (Fsp3) is 0.478. The van der Waals surface area contributed by atoms with Crippen LogP contribution in [-0.4, -0.2) is 34.9 Å². The Hall–Kier alpha value is -3.16. The number of benzene rings is 1. The van der Waals surface area contributed by atoms with Crippen molar-refractivity contribution >= 4 is 29.3 Å². The molecule has 1 atom stereocenters. The summed E-state index contributed by atoms with van der Waals surface area (Å²) in [5.41, 5.74) is 3.10. The molecule has 2 aliphatic rings. The summed E-state index contributed by atoms with van der Waals surface area (Å²) >= 11 is 0. The molecule has 3 N–H and O–H groups in total. The lowest BCUT2D eigenvalue weighted by atomic mass is 9.92. The first-order valence-electron chi connectivity index (χ1n) is 10.9. The highest BCUT2D eigenvalue weighted by atomic mass is 16.2. The number of carbonyl (C=O) groups excluding carboxylic acids is 2. The Kier molecular flexibility index (Phi) is 5.80. The molecule has 0 aliphatic carbocycles. The molecule has 1 saturated heterocycles. The highest BCUT2D eigenvalue weighted by Crippen LogP contribution is 2.26. The standard InChI is InChI=1S/C23H29N5O3/c1-13-6-8-28(9-7-13)23-26-20-18(22(31)27-23)11-16(21(30)25-20)12-19(29)24-17-5-4-14(2)15(3)10-17/h4-5,10,13,16H,6-9,11-12H2,1-3H3,(H,24,29)(H2,25,26,27,30,31)/t16-/m1/s1. The van der Waals surface area contributed by atoms with Crippen molar-refractivity contribution in [1.82, 2.24) is 9.97 Å². The van der Waals surface area contributed by atoms with E-state index in [4.69, 9.17) is 0 Å². The largest absolute Gasteiger partial charge is 0.342 e. The minimum atomic E-state index is -0.608. The van der Waals surface area contributed by atoms with Crippen LogP contribution < -0.4 is 21.1 Å². The van der Waals surface area contributed by atoms with Crippen LogP contribution in [0.25, 0.3) is 0 Å². The second kappa shape index (κ2) is 8.53. The van der Waals surface area contributed by atoms with E-state index in [1.54, 1.807) is 0 Å². The Balaban J connectivity index is 1.45. The van der Waals surface area contributed by atoms with Gasteiger partial charge in [0.2, 0.25) is 17.8 Å². The maximum absolute atomic E-state index is 12.7. The molecule has 2 aliphatic heterocycles. The van der Waals surface area contributed by atoms with Crippen LogP contribution in [0.3, 0.4) is 0 Å². The molecule has 164 valence electrons. The molecule has 1 aromatic carbocycles. The van der Waals surface area contributed by atoms with E-state index < -0.39 is 5.92 Å². The van der Waals surface area contributed by atoms with Gasteiger partial charge in [-0.3, -0.25) is 19.4 Å². The summed E-state index contributed by atoms with van der Waals surface area (Å²) in [6.45, 7) is 7.87. The molecule has 1 aromatic heterocycles. The van der Waals surface area contributed by atoms with Gasteiger partial charge >= 0.3 is 0 Å². The number of aromatic amines is 1. The molecule has 2 aromatic rings. The van der Waals surface area contributed by atoms with Gasteiger partial charge in [-0.2, -0.15) is 4.98 Å². The molecule has 8 nitrogen and oxygen atoms in total. The quantitative estimate of drug-likeness (QED) is 0.701. The molecule has 2 amide bonds. The number of aromatic nitrogens is 2. The van der Waals surface area contributed by atoms with Crippen molar-refractivity contribution in [2.24, 2.45) is 11.8 Å². The summed E-state index contributed by atoms with van der Waals surface area (Å²) in [6, 6.07) is 5.69. The molecular weight excluding hydrogens is 394 g/mol. The maximum Gasteiger partial charge on any atom is 0.257 e. The Bertz CT molecular complexity index is 1070. The second-order valence-electron chi connectivity index (χ2n) is 8.83. The number of rotatable bonds is 4. The third kappa shape index (κ3) is 4.62. The molecule has 1 fully saturated rings. The summed E-state index contributed by atoms with van der Waals surface area (Å²) in [5, 5.41) is 5.59. The van der Waals surface area contributed by atoms with Crippen LogP contribution in [0.2, 0.25) is 0 Å². The van der Waals surface area contributed by atoms with Crippen molar-refractivity contribution in [3.8, 4) is 0 Å². The molecule has 0 bridgehead atoms. The van der Waals surface area contributed by atoms with Gasteiger partial charge in [-0.25, -0.2) is 0 Å². The second-order valence-corrected chi connectivity index (χ2v) is 8.83. The van der Waals surface area contributed by atoms with Crippen LogP contribution in [0, 0.1) is 25.7 Å². The summed E-state index contributed by atoms with van der Waals surface area (Å²) in [4.78, 5) is 47.3. The van der Waals surface area contributed by atoms with Crippen molar-refractivity contribution in [3.63, 3.8) is 0 Å². The van der Waals surface area contributed by atoms with E-state index in [1.165, 1.54) is 0 Å². The van der Waals surface area contributed by atoms with Gasteiger partial charge in [0.15, 0.2) is 0 Å². The first kappa shape index (κ1) is 21.1. The Labute approximate surface area is 181 Å². The third-order valence-corrected chi connectivity index (χ3v) is 6.37. The third-order valence-electron chi connectivity index (χ3n) is 6.37. The van der Waals surface area contributed by atoms with Gasteiger partial charge in [-0.15, -0.1) is 0 Å².